The molecule has 128 valence electrons. The van der Waals surface area contributed by atoms with Crippen LogP contribution < -0.4 is 5.32 Å². The van der Waals surface area contributed by atoms with E-state index in [1.54, 1.807) is 0 Å². The van der Waals surface area contributed by atoms with Crippen LogP contribution in [0.15, 0.2) is 4.90 Å². The van der Waals surface area contributed by atoms with E-state index in [9.17, 15) is 12.6 Å². The number of fused-ring (bicyclic) bond motifs is 1. The maximum atomic E-state index is 12.3. The standard InChI is InChI=1S/C15H23N3O3S2/c1-15(2,3)14-17-11-4-7-22(19)12(11)13(18-14)16-10-5-8-23(20,21)9-6-10/h10H,4-9H2,1-3H3,(H,16,17,18). The van der Waals surface area contributed by atoms with E-state index in [2.05, 4.69) is 36.1 Å². The molecule has 3 heterocycles. The molecule has 0 aromatic carbocycles. The number of nitrogens with one attached hydrogen (secondary N) is 1. The lowest BCUT2D eigenvalue weighted by Gasteiger charge is -2.25. The second-order valence-corrected chi connectivity index (χ2v) is 11.1. The lowest BCUT2D eigenvalue weighted by atomic mass is 9.95. The molecule has 1 saturated heterocycles. The first-order valence-electron chi connectivity index (χ1n) is 7.92. The molecule has 2 aliphatic rings. The fourth-order valence-electron chi connectivity index (χ4n) is 2.86. The molecule has 0 amide bonds. The summed E-state index contributed by atoms with van der Waals surface area (Å²) in [5, 5.41) is 3.35. The number of aromatic nitrogens is 2. The van der Waals surface area contributed by atoms with E-state index in [1.807, 2.05) is 0 Å². The van der Waals surface area contributed by atoms with Gasteiger partial charge in [0.1, 0.15) is 26.4 Å². The van der Waals surface area contributed by atoms with E-state index in [4.69, 9.17) is 0 Å². The number of hydrogen-bond acceptors (Lipinski definition) is 6. The largest absolute Gasteiger partial charge is 0.366 e. The Morgan fingerprint density at radius 1 is 1.17 bits per heavy atom. The van der Waals surface area contributed by atoms with Gasteiger partial charge in [-0.25, -0.2) is 18.4 Å². The fourth-order valence-corrected chi connectivity index (χ4v) is 5.66. The van der Waals surface area contributed by atoms with Crippen LogP contribution in [0.25, 0.3) is 0 Å². The summed E-state index contributed by atoms with van der Waals surface area (Å²) in [5.41, 5.74) is 0.681. The Morgan fingerprint density at radius 2 is 1.83 bits per heavy atom. The topological polar surface area (TPSA) is 89.0 Å². The predicted octanol–water partition coefficient (Wildman–Crippen LogP) is 1.43. The fraction of sp³-hybridized carbons (Fsp3) is 0.733. The van der Waals surface area contributed by atoms with Crippen molar-refractivity contribution >= 4 is 26.5 Å². The van der Waals surface area contributed by atoms with Gasteiger partial charge in [0, 0.05) is 23.6 Å². The minimum atomic E-state index is -2.89. The molecule has 0 bridgehead atoms. The highest BCUT2D eigenvalue weighted by Gasteiger charge is 2.31. The van der Waals surface area contributed by atoms with Crippen LogP contribution in [0.2, 0.25) is 0 Å². The molecule has 6 nitrogen and oxygen atoms in total. The van der Waals surface area contributed by atoms with Crippen LogP contribution >= 0.6 is 0 Å². The molecule has 8 heteroatoms. The zero-order valence-electron chi connectivity index (χ0n) is 13.8. The van der Waals surface area contributed by atoms with Gasteiger partial charge < -0.3 is 5.32 Å². The van der Waals surface area contributed by atoms with Gasteiger partial charge in [0.05, 0.1) is 28.0 Å². The number of sulfone groups is 1. The molecule has 23 heavy (non-hydrogen) atoms. The van der Waals surface area contributed by atoms with Gasteiger partial charge in [-0.2, -0.15) is 0 Å². The van der Waals surface area contributed by atoms with Crippen LogP contribution in [0, 0.1) is 0 Å². The molecule has 3 rings (SSSR count). The Bertz CT molecular complexity index is 740. The number of nitrogens with zero attached hydrogens (tertiary/aromatic N) is 2. The lowest BCUT2D eigenvalue weighted by Crippen LogP contribution is -2.33. The van der Waals surface area contributed by atoms with Crippen molar-refractivity contribution in [1.82, 2.24) is 9.97 Å². The van der Waals surface area contributed by atoms with Crippen molar-refractivity contribution < 1.29 is 12.6 Å². The smallest absolute Gasteiger partial charge is 0.150 e. The average molecular weight is 358 g/mol. The highest BCUT2D eigenvalue weighted by atomic mass is 32.2. The third kappa shape index (κ3) is 3.57. The van der Waals surface area contributed by atoms with E-state index >= 15 is 0 Å². The van der Waals surface area contributed by atoms with Gasteiger partial charge in [-0.05, 0) is 12.8 Å². The molecule has 1 aromatic rings. The number of anilines is 1. The Balaban J connectivity index is 1.92. The normalized spacial score (nSPS) is 24.4. The van der Waals surface area contributed by atoms with Gasteiger partial charge in [0.2, 0.25) is 0 Å². The summed E-state index contributed by atoms with van der Waals surface area (Å²) in [6, 6.07) is 0.0583. The van der Waals surface area contributed by atoms with Gasteiger partial charge in [-0.15, -0.1) is 0 Å². The summed E-state index contributed by atoms with van der Waals surface area (Å²) in [6.07, 6.45) is 1.85. The maximum Gasteiger partial charge on any atom is 0.150 e. The Morgan fingerprint density at radius 3 is 2.43 bits per heavy atom. The van der Waals surface area contributed by atoms with Crippen molar-refractivity contribution in [3.8, 4) is 0 Å². The highest BCUT2D eigenvalue weighted by molar-refractivity contribution is 7.91. The van der Waals surface area contributed by atoms with Crippen LogP contribution in [0.1, 0.15) is 45.1 Å². The van der Waals surface area contributed by atoms with Crippen molar-refractivity contribution in [3.05, 3.63) is 11.5 Å². The first kappa shape index (κ1) is 16.8. The van der Waals surface area contributed by atoms with Crippen LogP contribution in [-0.4, -0.2) is 45.9 Å². The molecular weight excluding hydrogens is 334 g/mol. The van der Waals surface area contributed by atoms with Crippen molar-refractivity contribution in [2.45, 2.75) is 56.4 Å². The quantitative estimate of drug-likeness (QED) is 0.861. The first-order chi connectivity index (χ1) is 10.7. The maximum absolute atomic E-state index is 12.3. The lowest BCUT2D eigenvalue weighted by molar-refractivity contribution is 0.536. The number of aryl methyl sites for hydroxylation is 1. The van der Waals surface area contributed by atoms with Crippen molar-refractivity contribution in [2.75, 3.05) is 22.6 Å². The monoisotopic (exact) mass is 357 g/mol. The van der Waals surface area contributed by atoms with Crippen LogP contribution in [0.3, 0.4) is 0 Å². The highest BCUT2D eigenvalue weighted by Crippen LogP contribution is 2.32. The third-order valence-corrected chi connectivity index (χ3v) is 7.43. The van der Waals surface area contributed by atoms with Crippen LogP contribution in [-0.2, 0) is 32.5 Å². The van der Waals surface area contributed by atoms with Crippen LogP contribution in [0.4, 0.5) is 5.82 Å². The van der Waals surface area contributed by atoms with Gasteiger partial charge >= 0.3 is 0 Å². The number of hydrogen-bond donors (Lipinski definition) is 1. The summed E-state index contributed by atoms with van der Waals surface area (Å²) in [7, 11) is -3.96. The van der Waals surface area contributed by atoms with Gasteiger partial charge in [-0.3, -0.25) is 4.21 Å². The molecule has 1 N–H and O–H groups in total. The SMILES string of the molecule is CC(C)(C)c1nc2c(c(NC3CCS(=O)(=O)CC3)n1)S(=O)CC2. The van der Waals surface area contributed by atoms with Crippen molar-refractivity contribution in [2.24, 2.45) is 0 Å². The summed E-state index contributed by atoms with van der Waals surface area (Å²) < 4.78 is 35.4. The molecule has 1 fully saturated rings. The minimum Gasteiger partial charge on any atom is -0.366 e. The van der Waals surface area contributed by atoms with Crippen molar-refractivity contribution in [1.29, 1.82) is 0 Å². The molecule has 0 radical (unpaired) electrons. The Hall–Kier alpha value is -1.02. The van der Waals surface area contributed by atoms with E-state index < -0.39 is 20.6 Å². The zero-order valence-corrected chi connectivity index (χ0v) is 15.4. The Kier molecular flexibility index (Phi) is 4.25. The summed E-state index contributed by atoms with van der Waals surface area (Å²) in [5.74, 6) is 2.37. The van der Waals surface area contributed by atoms with Crippen LogP contribution in [0.5, 0.6) is 0 Å². The minimum absolute atomic E-state index is 0.0583. The molecule has 1 unspecified atom stereocenters. The van der Waals surface area contributed by atoms with E-state index in [1.165, 1.54) is 0 Å². The van der Waals surface area contributed by atoms with Gasteiger partial charge in [0.15, 0.2) is 0 Å². The molecule has 1 atom stereocenters. The number of rotatable bonds is 2. The third-order valence-electron chi connectivity index (χ3n) is 4.25. The van der Waals surface area contributed by atoms with Gasteiger partial charge in [0.25, 0.3) is 0 Å². The summed E-state index contributed by atoms with van der Waals surface area (Å²) in [6.45, 7) is 6.16. The van der Waals surface area contributed by atoms with Crippen molar-refractivity contribution in [3.63, 3.8) is 0 Å². The van der Waals surface area contributed by atoms with E-state index in [-0.39, 0.29) is 23.0 Å². The summed E-state index contributed by atoms with van der Waals surface area (Å²) >= 11 is 0. The summed E-state index contributed by atoms with van der Waals surface area (Å²) in [4.78, 5) is 9.96. The van der Waals surface area contributed by atoms with E-state index in [0.717, 1.165) is 11.5 Å². The van der Waals surface area contributed by atoms with Gasteiger partial charge in [-0.1, -0.05) is 20.8 Å². The molecule has 0 saturated carbocycles. The Labute approximate surface area is 139 Å². The molecule has 0 spiro atoms. The zero-order chi connectivity index (χ0) is 16.8. The molecule has 1 aromatic heterocycles. The second-order valence-electron chi connectivity index (χ2n) is 7.29. The van der Waals surface area contributed by atoms with E-state index in [0.29, 0.717) is 35.7 Å². The molecule has 0 aliphatic carbocycles. The average Bonchev–Trinajstić information content (AvgIpc) is 2.82. The molecule has 2 aliphatic heterocycles. The molecular formula is C15H23N3O3S2. The second kappa shape index (κ2) is 5.81. The predicted molar refractivity (Wildman–Crippen MR) is 91.0 cm³/mol. The first-order valence-corrected chi connectivity index (χ1v) is 11.1.